The first-order valence-electron chi connectivity index (χ1n) is 13.0. The molecule has 0 N–H and O–H groups in total. The van der Waals surface area contributed by atoms with Crippen LogP contribution in [0.15, 0.2) is 85.1 Å². The van der Waals surface area contributed by atoms with E-state index >= 15 is 0 Å². The van der Waals surface area contributed by atoms with E-state index in [0.717, 1.165) is 34.3 Å². The summed E-state index contributed by atoms with van der Waals surface area (Å²) in [7, 11) is 0. The minimum Gasteiger partial charge on any atom is -0.305 e. The van der Waals surface area contributed by atoms with Gasteiger partial charge in [-0.1, -0.05) is 54.2 Å². The third-order valence-electron chi connectivity index (χ3n) is 7.69. The predicted molar refractivity (Wildman–Crippen MR) is 148 cm³/mol. The number of aromatic nitrogens is 2. The summed E-state index contributed by atoms with van der Waals surface area (Å²) in [5.41, 5.74) is 11.0. The SMILES string of the molecule is Cc1ccc2nc(-c3[c-]cc4c(c3)C3CCC4CC3)c(C)cc2c1.[Ir].[c-]1ccccc1-c1ccccn1. The van der Waals surface area contributed by atoms with Crippen LogP contribution in [0.25, 0.3) is 33.4 Å². The standard InChI is InChI=1S/C23H22N.C11H8N.Ir/c1-14-3-10-22-19(11-14)12-15(2)23(24-22)18-8-9-20-16-4-6-17(7-5-16)21(20)13-18;1-2-6-10(7-3-1)11-8-4-5-9-12-11;/h3,9-13,16-17H,4-7H2,1-2H3;1-6,8-9H;/q2*-1;. The normalized spacial score (nSPS) is 17.4. The Labute approximate surface area is 233 Å². The van der Waals surface area contributed by atoms with Gasteiger partial charge in [0.05, 0.1) is 5.52 Å². The molecule has 187 valence electrons. The maximum absolute atomic E-state index is 4.97. The van der Waals surface area contributed by atoms with E-state index in [-0.39, 0.29) is 20.1 Å². The summed E-state index contributed by atoms with van der Waals surface area (Å²) in [6.45, 7) is 4.30. The van der Waals surface area contributed by atoms with E-state index in [2.05, 4.69) is 67.4 Å². The fraction of sp³-hybridized carbons (Fsp3) is 0.235. The van der Waals surface area contributed by atoms with E-state index in [1.807, 2.05) is 42.5 Å². The molecular formula is C34H30IrN2-2. The average molecular weight is 659 g/mol. The molecule has 3 aliphatic rings. The van der Waals surface area contributed by atoms with Crippen LogP contribution in [0.1, 0.15) is 59.8 Å². The molecule has 2 bridgehead atoms. The Morgan fingerprint density at radius 1 is 0.757 bits per heavy atom. The zero-order valence-electron chi connectivity index (χ0n) is 21.3. The Morgan fingerprint density at radius 2 is 1.54 bits per heavy atom. The van der Waals surface area contributed by atoms with Crippen LogP contribution < -0.4 is 0 Å². The van der Waals surface area contributed by atoms with Crippen molar-refractivity contribution in [2.24, 2.45) is 0 Å². The second-order valence-corrected chi connectivity index (χ2v) is 10.1. The molecule has 8 rings (SSSR count). The number of pyridine rings is 2. The van der Waals surface area contributed by atoms with Gasteiger partial charge in [-0.15, -0.1) is 70.8 Å². The first kappa shape index (κ1) is 25.5. The van der Waals surface area contributed by atoms with Gasteiger partial charge in [-0.05, 0) is 67.6 Å². The quantitative estimate of drug-likeness (QED) is 0.178. The van der Waals surface area contributed by atoms with Crippen molar-refractivity contribution in [2.45, 2.75) is 51.4 Å². The molecule has 2 heterocycles. The van der Waals surface area contributed by atoms with Crippen molar-refractivity contribution in [1.29, 1.82) is 0 Å². The zero-order chi connectivity index (χ0) is 24.5. The van der Waals surface area contributed by atoms with Crippen LogP contribution in [-0.4, -0.2) is 9.97 Å². The molecule has 2 nitrogen and oxygen atoms in total. The first-order chi connectivity index (χ1) is 17.7. The van der Waals surface area contributed by atoms with Gasteiger partial charge in [-0.25, -0.2) is 0 Å². The van der Waals surface area contributed by atoms with Crippen LogP contribution in [0.2, 0.25) is 0 Å². The molecule has 1 fully saturated rings. The molecule has 5 aromatic rings. The monoisotopic (exact) mass is 659 g/mol. The summed E-state index contributed by atoms with van der Waals surface area (Å²) in [4.78, 5) is 9.18. The van der Waals surface area contributed by atoms with E-state index in [1.54, 1.807) is 17.3 Å². The Hall–Kier alpha value is -3.13. The van der Waals surface area contributed by atoms with Crippen molar-refractivity contribution in [3.8, 4) is 22.5 Å². The van der Waals surface area contributed by atoms with Gasteiger partial charge in [-0.2, -0.15) is 0 Å². The molecule has 0 aliphatic heterocycles. The van der Waals surface area contributed by atoms with E-state index in [9.17, 15) is 0 Å². The van der Waals surface area contributed by atoms with Gasteiger partial charge >= 0.3 is 0 Å². The number of hydrogen-bond acceptors (Lipinski definition) is 2. The number of fused-ring (bicyclic) bond motifs is 3. The van der Waals surface area contributed by atoms with E-state index in [4.69, 9.17) is 4.98 Å². The fourth-order valence-corrected chi connectivity index (χ4v) is 5.83. The van der Waals surface area contributed by atoms with Crippen molar-refractivity contribution >= 4 is 10.9 Å². The van der Waals surface area contributed by atoms with Crippen LogP contribution in [0, 0.1) is 26.0 Å². The van der Waals surface area contributed by atoms with Crippen LogP contribution in [-0.2, 0) is 20.1 Å². The van der Waals surface area contributed by atoms with Gasteiger partial charge in [0, 0.05) is 26.3 Å². The van der Waals surface area contributed by atoms with E-state index < -0.39 is 0 Å². The molecule has 1 saturated carbocycles. The van der Waals surface area contributed by atoms with Crippen LogP contribution in [0.3, 0.4) is 0 Å². The Morgan fingerprint density at radius 3 is 2.27 bits per heavy atom. The van der Waals surface area contributed by atoms with Crippen LogP contribution in [0.4, 0.5) is 0 Å². The Balaban J connectivity index is 0.000000183. The molecule has 0 saturated heterocycles. The number of aryl methyl sites for hydroxylation is 2. The van der Waals surface area contributed by atoms with Crippen molar-refractivity contribution in [3.05, 3.63) is 119 Å². The van der Waals surface area contributed by atoms with Crippen LogP contribution >= 0.6 is 0 Å². The van der Waals surface area contributed by atoms with E-state index in [1.165, 1.54) is 47.8 Å². The fourth-order valence-electron chi connectivity index (χ4n) is 5.83. The molecule has 0 amide bonds. The molecule has 3 aromatic carbocycles. The summed E-state index contributed by atoms with van der Waals surface area (Å²) < 4.78 is 0. The van der Waals surface area contributed by atoms with Gasteiger partial charge < -0.3 is 4.98 Å². The number of nitrogens with zero attached hydrogens (tertiary/aromatic N) is 2. The second-order valence-electron chi connectivity index (χ2n) is 10.1. The molecule has 3 aliphatic carbocycles. The maximum Gasteiger partial charge on any atom is 0.0595 e. The number of hydrogen-bond donors (Lipinski definition) is 0. The van der Waals surface area contributed by atoms with Gasteiger partial charge in [0.1, 0.15) is 0 Å². The number of rotatable bonds is 2. The van der Waals surface area contributed by atoms with Gasteiger partial charge in [-0.3, -0.25) is 4.98 Å². The topological polar surface area (TPSA) is 25.8 Å². The molecule has 0 unspecified atom stereocenters. The van der Waals surface area contributed by atoms with Gasteiger partial charge in [0.2, 0.25) is 0 Å². The van der Waals surface area contributed by atoms with Crippen molar-refractivity contribution in [2.75, 3.05) is 0 Å². The summed E-state index contributed by atoms with van der Waals surface area (Å²) >= 11 is 0. The van der Waals surface area contributed by atoms with Crippen molar-refractivity contribution < 1.29 is 20.1 Å². The Bertz CT molecular complexity index is 1470. The zero-order valence-corrected chi connectivity index (χ0v) is 23.7. The Kier molecular flexibility index (Phi) is 7.65. The van der Waals surface area contributed by atoms with Gasteiger partial charge in [0.15, 0.2) is 0 Å². The third-order valence-corrected chi connectivity index (χ3v) is 7.69. The summed E-state index contributed by atoms with van der Waals surface area (Å²) in [6.07, 6.45) is 7.26. The largest absolute Gasteiger partial charge is 0.305 e. The molecular weight excluding hydrogens is 629 g/mol. The predicted octanol–water partition coefficient (Wildman–Crippen LogP) is 8.62. The van der Waals surface area contributed by atoms with Gasteiger partial charge in [0.25, 0.3) is 0 Å². The maximum atomic E-state index is 4.97. The third kappa shape index (κ3) is 5.30. The molecule has 2 aromatic heterocycles. The average Bonchev–Trinajstić information content (AvgIpc) is 2.94. The first-order valence-corrected chi connectivity index (χ1v) is 13.0. The molecule has 0 atom stereocenters. The smallest absolute Gasteiger partial charge is 0.0595 e. The molecule has 37 heavy (non-hydrogen) atoms. The molecule has 0 spiro atoms. The summed E-state index contributed by atoms with van der Waals surface area (Å²) in [5.74, 6) is 1.55. The summed E-state index contributed by atoms with van der Waals surface area (Å²) in [5, 5.41) is 1.23. The van der Waals surface area contributed by atoms with Crippen molar-refractivity contribution in [1.82, 2.24) is 9.97 Å². The van der Waals surface area contributed by atoms with Crippen LogP contribution in [0.5, 0.6) is 0 Å². The minimum atomic E-state index is 0. The molecule has 1 radical (unpaired) electrons. The number of benzene rings is 3. The summed E-state index contributed by atoms with van der Waals surface area (Å²) in [6, 6.07) is 33.8. The van der Waals surface area contributed by atoms with E-state index in [0.29, 0.717) is 0 Å². The second kappa shape index (κ2) is 11.1. The molecule has 3 heteroatoms. The van der Waals surface area contributed by atoms with Crippen molar-refractivity contribution in [3.63, 3.8) is 0 Å². The minimum absolute atomic E-state index is 0.